The molecule has 1 heterocycles. The van der Waals surface area contributed by atoms with Gasteiger partial charge in [0.15, 0.2) is 5.78 Å². The minimum Gasteiger partial charge on any atom is -0.348 e. The van der Waals surface area contributed by atoms with Crippen molar-refractivity contribution < 1.29 is 9.59 Å². The van der Waals surface area contributed by atoms with Crippen molar-refractivity contribution in [1.82, 2.24) is 10.3 Å². The Hall–Kier alpha value is -2.40. The molecule has 124 valence electrons. The van der Waals surface area contributed by atoms with E-state index in [4.69, 9.17) is 11.6 Å². The molecule has 0 spiro atoms. The van der Waals surface area contributed by atoms with Crippen LogP contribution in [0.25, 0.3) is 0 Å². The molecule has 1 aromatic carbocycles. The molecule has 1 aliphatic carbocycles. The number of fused-ring (bicyclic) bond motifs is 1. The van der Waals surface area contributed by atoms with Crippen molar-refractivity contribution in [3.63, 3.8) is 0 Å². The number of halogens is 1. The number of Topliss-reactive ketones (excluding diaryl/α,β-unsaturated/α-hetero) is 1. The summed E-state index contributed by atoms with van der Waals surface area (Å²) in [6, 6.07) is 8.47. The third kappa shape index (κ3) is 3.41. The summed E-state index contributed by atoms with van der Waals surface area (Å²) in [4.78, 5) is 39.3. The zero-order valence-electron chi connectivity index (χ0n) is 13.2. The van der Waals surface area contributed by atoms with E-state index in [1.54, 1.807) is 24.3 Å². The predicted octanol–water partition coefficient (Wildman–Crippen LogP) is 2.72. The average molecular weight is 345 g/mol. The molecule has 1 amide bonds. The standard InChI is InChI=1S/C18H17ClN2O3/c1-10-6-15-13(16(22)7-10)8-14(18(24)21-15)17(23)20-9-11-2-4-12(19)5-3-11/h2-5,8,10H,6-7,9H2,1H3,(H,20,23)(H,21,24)/t10-/m0/s1. The van der Waals surface area contributed by atoms with Crippen LogP contribution in [0, 0.1) is 5.92 Å². The number of carbonyl (C=O) groups is 2. The molecule has 3 rings (SSSR count). The third-order valence-corrected chi connectivity index (χ3v) is 4.37. The number of hydrogen-bond acceptors (Lipinski definition) is 3. The lowest BCUT2D eigenvalue weighted by Crippen LogP contribution is -2.32. The van der Waals surface area contributed by atoms with Crippen LogP contribution in [0.1, 0.15) is 45.3 Å². The highest BCUT2D eigenvalue weighted by Gasteiger charge is 2.25. The van der Waals surface area contributed by atoms with Crippen LogP contribution < -0.4 is 10.9 Å². The number of pyridine rings is 1. The van der Waals surface area contributed by atoms with Gasteiger partial charge in [-0.1, -0.05) is 30.7 Å². The molecule has 0 radical (unpaired) electrons. The van der Waals surface area contributed by atoms with Crippen molar-refractivity contribution in [2.45, 2.75) is 26.3 Å². The van der Waals surface area contributed by atoms with E-state index in [-0.39, 0.29) is 23.8 Å². The van der Waals surface area contributed by atoms with Crippen molar-refractivity contribution in [3.05, 3.63) is 68.1 Å². The van der Waals surface area contributed by atoms with Crippen LogP contribution in [0.4, 0.5) is 0 Å². The van der Waals surface area contributed by atoms with Gasteiger partial charge in [0.25, 0.3) is 11.5 Å². The number of nitrogens with one attached hydrogen (secondary N) is 2. The van der Waals surface area contributed by atoms with Gasteiger partial charge in [0, 0.05) is 29.2 Å². The van der Waals surface area contributed by atoms with Gasteiger partial charge in [-0.3, -0.25) is 14.4 Å². The van der Waals surface area contributed by atoms with Gasteiger partial charge in [-0.05, 0) is 36.1 Å². The van der Waals surface area contributed by atoms with Crippen LogP contribution in [0.5, 0.6) is 0 Å². The fourth-order valence-electron chi connectivity index (χ4n) is 2.87. The third-order valence-electron chi connectivity index (χ3n) is 4.12. The largest absolute Gasteiger partial charge is 0.348 e. The molecular weight excluding hydrogens is 328 g/mol. The second-order valence-electron chi connectivity index (χ2n) is 6.15. The van der Waals surface area contributed by atoms with Gasteiger partial charge in [-0.2, -0.15) is 0 Å². The first-order chi connectivity index (χ1) is 11.4. The molecule has 1 aromatic heterocycles. The fourth-order valence-corrected chi connectivity index (χ4v) is 3.00. The number of carbonyl (C=O) groups excluding carboxylic acids is 2. The van der Waals surface area contributed by atoms with Crippen LogP contribution in [-0.2, 0) is 13.0 Å². The van der Waals surface area contributed by atoms with E-state index >= 15 is 0 Å². The Bertz CT molecular complexity index is 856. The second-order valence-corrected chi connectivity index (χ2v) is 6.59. The number of amides is 1. The van der Waals surface area contributed by atoms with Gasteiger partial charge < -0.3 is 10.3 Å². The topological polar surface area (TPSA) is 79.0 Å². The van der Waals surface area contributed by atoms with E-state index < -0.39 is 11.5 Å². The molecule has 0 saturated carbocycles. The van der Waals surface area contributed by atoms with Crippen molar-refractivity contribution >= 4 is 23.3 Å². The highest BCUT2D eigenvalue weighted by molar-refractivity contribution is 6.30. The quantitative estimate of drug-likeness (QED) is 0.898. The van der Waals surface area contributed by atoms with Gasteiger partial charge in [0.1, 0.15) is 5.56 Å². The zero-order chi connectivity index (χ0) is 17.3. The first kappa shape index (κ1) is 16.5. The second kappa shape index (κ2) is 6.61. The zero-order valence-corrected chi connectivity index (χ0v) is 13.9. The van der Waals surface area contributed by atoms with Crippen LogP contribution in [0.3, 0.4) is 0 Å². The predicted molar refractivity (Wildman–Crippen MR) is 91.5 cm³/mol. The lowest BCUT2D eigenvalue weighted by atomic mass is 9.86. The SMILES string of the molecule is C[C@@H]1CC(=O)c2cc(C(=O)NCc3ccc(Cl)cc3)c(=O)[nH]c2C1. The molecular formula is C18H17ClN2O3. The van der Waals surface area contributed by atoms with Crippen LogP contribution >= 0.6 is 11.6 Å². The Kier molecular flexibility index (Phi) is 4.53. The molecule has 0 bridgehead atoms. The molecule has 0 fully saturated rings. The summed E-state index contributed by atoms with van der Waals surface area (Å²) >= 11 is 5.82. The first-order valence-corrected chi connectivity index (χ1v) is 8.14. The molecule has 2 N–H and O–H groups in total. The molecule has 5 nitrogen and oxygen atoms in total. The maximum Gasteiger partial charge on any atom is 0.261 e. The van der Waals surface area contributed by atoms with Crippen molar-refractivity contribution in [3.8, 4) is 0 Å². The number of aromatic amines is 1. The lowest BCUT2D eigenvalue weighted by molar-refractivity contribution is 0.0949. The Balaban J connectivity index is 1.80. The van der Waals surface area contributed by atoms with Crippen LogP contribution in [0.15, 0.2) is 35.1 Å². The van der Waals surface area contributed by atoms with E-state index in [9.17, 15) is 14.4 Å². The molecule has 1 aliphatic rings. The minimum atomic E-state index is -0.500. The van der Waals surface area contributed by atoms with Gasteiger partial charge in [0.2, 0.25) is 0 Å². The van der Waals surface area contributed by atoms with E-state index in [0.29, 0.717) is 29.1 Å². The molecule has 6 heteroatoms. The van der Waals surface area contributed by atoms with E-state index in [1.807, 2.05) is 6.92 Å². The molecule has 24 heavy (non-hydrogen) atoms. The van der Waals surface area contributed by atoms with E-state index in [1.165, 1.54) is 6.07 Å². The first-order valence-electron chi connectivity index (χ1n) is 7.76. The smallest absolute Gasteiger partial charge is 0.261 e. The molecule has 2 aromatic rings. The Labute approximate surface area is 144 Å². The van der Waals surface area contributed by atoms with Gasteiger partial charge in [-0.25, -0.2) is 0 Å². The number of hydrogen-bond donors (Lipinski definition) is 2. The van der Waals surface area contributed by atoms with Gasteiger partial charge in [-0.15, -0.1) is 0 Å². The van der Waals surface area contributed by atoms with Crippen LogP contribution in [-0.4, -0.2) is 16.7 Å². The fraction of sp³-hybridized carbons (Fsp3) is 0.278. The monoisotopic (exact) mass is 344 g/mol. The summed E-state index contributed by atoms with van der Waals surface area (Å²) in [6.07, 6.45) is 1.08. The van der Waals surface area contributed by atoms with E-state index in [2.05, 4.69) is 10.3 Å². The summed E-state index contributed by atoms with van der Waals surface area (Å²) in [7, 11) is 0. The number of aromatic nitrogens is 1. The summed E-state index contributed by atoms with van der Waals surface area (Å²) in [5.74, 6) is -0.336. The number of rotatable bonds is 3. The van der Waals surface area contributed by atoms with Crippen molar-refractivity contribution in [2.75, 3.05) is 0 Å². The number of benzene rings is 1. The average Bonchev–Trinajstić information content (AvgIpc) is 2.53. The van der Waals surface area contributed by atoms with Gasteiger partial charge >= 0.3 is 0 Å². The highest BCUT2D eigenvalue weighted by Crippen LogP contribution is 2.23. The maximum atomic E-state index is 12.3. The maximum absolute atomic E-state index is 12.3. The molecule has 0 saturated heterocycles. The highest BCUT2D eigenvalue weighted by atomic mass is 35.5. The molecule has 0 unspecified atom stereocenters. The van der Waals surface area contributed by atoms with Gasteiger partial charge in [0.05, 0.1) is 0 Å². The summed E-state index contributed by atoms with van der Waals surface area (Å²) in [5.41, 5.74) is 1.43. The lowest BCUT2D eigenvalue weighted by Gasteiger charge is -2.20. The van der Waals surface area contributed by atoms with Crippen LogP contribution in [0.2, 0.25) is 5.02 Å². The number of ketones is 1. The summed E-state index contributed by atoms with van der Waals surface area (Å²) in [6.45, 7) is 2.24. The Morgan fingerprint density at radius 3 is 2.67 bits per heavy atom. The minimum absolute atomic E-state index is 0.0354. The Morgan fingerprint density at radius 2 is 1.96 bits per heavy atom. The number of H-pyrrole nitrogens is 1. The summed E-state index contributed by atoms with van der Waals surface area (Å²) in [5, 5.41) is 3.31. The summed E-state index contributed by atoms with van der Waals surface area (Å²) < 4.78 is 0. The molecule has 1 atom stereocenters. The normalized spacial score (nSPS) is 16.6. The van der Waals surface area contributed by atoms with Crippen molar-refractivity contribution in [2.24, 2.45) is 5.92 Å². The van der Waals surface area contributed by atoms with E-state index in [0.717, 1.165) is 5.56 Å². The Morgan fingerprint density at radius 1 is 1.25 bits per heavy atom. The molecule has 0 aliphatic heterocycles. The van der Waals surface area contributed by atoms with Crippen molar-refractivity contribution in [1.29, 1.82) is 0 Å².